The van der Waals surface area contributed by atoms with Crippen molar-refractivity contribution >= 4 is 17.5 Å². The third-order valence-electron chi connectivity index (χ3n) is 2.18. The lowest BCUT2D eigenvalue weighted by Gasteiger charge is -2.23. The number of aryl methyl sites for hydroxylation is 1. The maximum absolute atomic E-state index is 12.3. The first-order valence-corrected chi connectivity index (χ1v) is 5.03. The van der Waals surface area contributed by atoms with Crippen LogP contribution in [0.3, 0.4) is 0 Å². The molecule has 0 aliphatic rings. The van der Waals surface area contributed by atoms with E-state index in [0.29, 0.717) is 5.56 Å². The van der Waals surface area contributed by atoms with Gasteiger partial charge in [0.2, 0.25) is 0 Å². The van der Waals surface area contributed by atoms with Gasteiger partial charge in [-0.15, -0.1) is 0 Å². The molecule has 20 heavy (non-hydrogen) atoms. The van der Waals surface area contributed by atoms with Gasteiger partial charge in [-0.3, -0.25) is 9.59 Å². The average molecular weight is 299 g/mol. The molecule has 0 aliphatic carbocycles. The summed E-state index contributed by atoms with van der Waals surface area (Å²) in [7, 11) is 0. The van der Waals surface area contributed by atoms with E-state index in [1.807, 2.05) is 0 Å². The van der Waals surface area contributed by atoms with Gasteiger partial charge in [-0.1, -0.05) is 17.7 Å². The summed E-state index contributed by atoms with van der Waals surface area (Å²) in [5.41, 5.74) is -0.270. The van der Waals surface area contributed by atoms with Gasteiger partial charge in [0.1, 0.15) is 0 Å². The minimum absolute atomic E-state index is 0.535. The Bertz CT molecular complexity index is 491. The summed E-state index contributed by atoms with van der Waals surface area (Å²) < 4.78 is 73.8. The molecule has 0 radical (unpaired) electrons. The van der Waals surface area contributed by atoms with Crippen LogP contribution in [0.2, 0.25) is 0 Å². The van der Waals surface area contributed by atoms with Gasteiger partial charge in [-0.05, 0) is 19.1 Å². The predicted octanol–water partition coefficient (Wildman–Crippen LogP) is 2.98. The highest BCUT2D eigenvalue weighted by Gasteiger charge is 2.52. The van der Waals surface area contributed by atoms with Crippen LogP contribution in [-0.2, 0) is 9.59 Å². The molecule has 0 N–H and O–H groups in total. The first-order valence-electron chi connectivity index (χ1n) is 5.03. The summed E-state index contributed by atoms with van der Waals surface area (Å²) in [5, 5.41) is 0. The topological polar surface area (TPSA) is 37.4 Å². The van der Waals surface area contributed by atoms with Crippen LogP contribution >= 0.6 is 0 Å². The molecule has 1 rings (SSSR count). The second kappa shape index (κ2) is 5.14. The molecule has 0 saturated carbocycles. The Morgan fingerprint density at radius 1 is 0.850 bits per heavy atom. The summed E-state index contributed by atoms with van der Waals surface area (Å²) in [5.74, 6) is -5.80. The van der Waals surface area contributed by atoms with E-state index >= 15 is 0 Å². The number of nitrogens with zero attached hydrogens (tertiary/aromatic N) is 1. The Morgan fingerprint density at radius 2 is 1.20 bits per heavy atom. The van der Waals surface area contributed by atoms with Gasteiger partial charge in [-0.25, -0.2) is 4.90 Å². The molecule has 0 saturated heterocycles. The molecule has 0 aromatic heterocycles. The van der Waals surface area contributed by atoms with E-state index < -0.39 is 34.8 Å². The summed E-state index contributed by atoms with van der Waals surface area (Å²) in [6, 6.07) is 4.00. The molecule has 0 fully saturated rings. The van der Waals surface area contributed by atoms with E-state index in [1.54, 1.807) is 0 Å². The van der Waals surface area contributed by atoms with Crippen molar-refractivity contribution in [1.29, 1.82) is 0 Å². The summed E-state index contributed by atoms with van der Waals surface area (Å²) >= 11 is 0. The largest absolute Gasteiger partial charge is 0.472 e. The van der Waals surface area contributed by atoms with Gasteiger partial charge in [0.05, 0.1) is 5.69 Å². The zero-order chi connectivity index (χ0) is 15.7. The standard InChI is InChI=1S/C11H7F6NO2/c1-6-2-4-7(5-3-6)18(8(19)10(12,13)14)9(20)11(15,16)17/h2-5H,1H3. The lowest BCUT2D eigenvalue weighted by atomic mass is 10.2. The number of amides is 2. The fourth-order valence-electron chi connectivity index (χ4n) is 1.27. The van der Waals surface area contributed by atoms with E-state index in [9.17, 15) is 35.9 Å². The average Bonchev–Trinajstić information content (AvgIpc) is 2.29. The van der Waals surface area contributed by atoms with Crippen molar-refractivity contribution in [3.05, 3.63) is 29.8 Å². The SMILES string of the molecule is Cc1ccc(N(C(=O)C(F)(F)F)C(=O)C(F)(F)F)cc1. The molecule has 1 aromatic rings. The zero-order valence-electron chi connectivity index (χ0n) is 9.84. The number of carbonyl (C=O) groups excluding carboxylic acids is 2. The van der Waals surface area contributed by atoms with Gasteiger partial charge < -0.3 is 0 Å². The van der Waals surface area contributed by atoms with Crippen LogP contribution in [0.4, 0.5) is 32.0 Å². The highest BCUT2D eigenvalue weighted by molar-refractivity contribution is 6.18. The van der Waals surface area contributed by atoms with Crippen LogP contribution in [0.1, 0.15) is 5.56 Å². The Morgan fingerprint density at radius 3 is 1.50 bits per heavy atom. The van der Waals surface area contributed by atoms with Crippen molar-refractivity contribution in [3.63, 3.8) is 0 Å². The molecule has 2 amide bonds. The minimum Gasteiger partial charge on any atom is -0.263 e. The summed E-state index contributed by atoms with van der Waals surface area (Å²) in [6.07, 6.45) is -11.2. The number of alkyl halides is 6. The Balaban J connectivity index is 3.32. The molecule has 0 spiro atoms. The molecule has 3 nitrogen and oxygen atoms in total. The Labute approximate surface area is 108 Å². The van der Waals surface area contributed by atoms with Crippen molar-refractivity contribution in [2.45, 2.75) is 19.3 Å². The van der Waals surface area contributed by atoms with Crippen LogP contribution < -0.4 is 4.90 Å². The summed E-state index contributed by atoms with van der Waals surface area (Å²) in [4.78, 5) is 21.1. The molecule has 9 heteroatoms. The number of halogens is 6. The highest BCUT2D eigenvalue weighted by atomic mass is 19.4. The van der Waals surface area contributed by atoms with Gasteiger partial charge >= 0.3 is 24.2 Å². The highest BCUT2D eigenvalue weighted by Crippen LogP contribution is 2.29. The molecule has 0 aliphatic heterocycles. The van der Waals surface area contributed by atoms with Crippen LogP contribution in [0.15, 0.2) is 24.3 Å². The zero-order valence-corrected chi connectivity index (χ0v) is 9.84. The van der Waals surface area contributed by atoms with E-state index in [0.717, 1.165) is 12.1 Å². The van der Waals surface area contributed by atoms with E-state index in [1.165, 1.54) is 19.1 Å². The van der Waals surface area contributed by atoms with Crippen LogP contribution in [-0.4, -0.2) is 24.2 Å². The van der Waals surface area contributed by atoms with E-state index in [-0.39, 0.29) is 0 Å². The van der Waals surface area contributed by atoms with Crippen LogP contribution in [0.25, 0.3) is 0 Å². The fourth-order valence-corrected chi connectivity index (χ4v) is 1.27. The van der Waals surface area contributed by atoms with Crippen molar-refractivity contribution in [1.82, 2.24) is 0 Å². The number of anilines is 1. The van der Waals surface area contributed by atoms with Gasteiger partial charge in [0.15, 0.2) is 0 Å². The Kier molecular flexibility index (Phi) is 4.11. The number of hydrogen-bond acceptors (Lipinski definition) is 2. The molecule has 110 valence electrons. The number of rotatable bonds is 1. The van der Waals surface area contributed by atoms with Crippen molar-refractivity contribution < 1.29 is 35.9 Å². The monoisotopic (exact) mass is 299 g/mol. The van der Waals surface area contributed by atoms with Crippen molar-refractivity contribution in [2.24, 2.45) is 0 Å². The van der Waals surface area contributed by atoms with E-state index in [4.69, 9.17) is 0 Å². The number of carbonyl (C=O) groups is 2. The quantitative estimate of drug-likeness (QED) is 0.748. The fraction of sp³-hybridized carbons (Fsp3) is 0.273. The second-order valence-corrected chi connectivity index (χ2v) is 3.78. The maximum Gasteiger partial charge on any atom is 0.472 e. The number of imide groups is 1. The lowest BCUT2D eigenvalue weighted by Crippen LogP contribution is -2.50. The van der Waals surface area contributed by atoms with Gasteiger partial charge in [-0.2, -0.15) is 26.3 Å². The third kappa shape index (κ3) is 3.49. The first-order chi connectivity index (χ1) is 8.94. The van der Waals surface area contributed by atoms with Gasteiger partial charge in [0.25, 0.3) is 0 Å². The van der Waals surface area contributed by atoms with Crippen molar-refractivity contribution in [3.8, 4) is 0 Å². The van der Waals surface area contributed by atoms with Crippen molar-refractivity contribution in [2.75, 3.05) is 4.90 Å². The normalized spacial score (nSPS) is 12.2. The first kappa shape index (κ1) is 16.0. The number of benzene rings is 1. The molecule has 1 aromatic carbocycles. The predicted molar refractivity (Wildman–Crippen MR) is 55.8 cm³/mol. The van der Waals surface area contributed by atoms with E-state index in [2.05, 4.69) is 0 Å². The lowest BCUT2D eigenvalue weighted by molar-refractivity contribution is -0.181. The molecular formula is C11H7F6NO2. The third-order valence-corrected chi connectivity index (χ3v) is 2.18. The minimum atomic E-state index is -5.61. The van der Waals surface area contributed by atoms with Crippen LogP contribution in [0.5, 0.6) is 0 Å². The molecule has 0 atom stereocenters. The van der Waals surface area contributed by atoms with Gasteiger partial charge in [0, 0.05) is 0 Å². The second-order valence-electron chi connectivity index (χ2n) is 3.78. The van der Waals surface area contributed by atoms with Crippen LogP contribution in [0, 0.1) is 6.92 Å². The molecular weight excluding hydrogens is 292 g/mol. The molecule has 0 bridgehead atoms. The Hall–Kier alpha value is -2.06. The number of hydrogen-bond donors (Lipinski definition) is 0. The maximum atomic E-state index is 12.3. The smallest absolute Gasteiger partial charge is 0.263 e. The molecule has 0 heterocycles. The summed E-state index contributed by atoms with van der Waals surface area (Å²) in [6.45, 7) is 1.53. The molecule has 0 unspecified atom stereocenters.